The fraction of sp³-hybridized carbons (Fsp3) is 0.328. The van der Waals surface area contributed by atoms with Gasteiger partial charge in [0.1, 0.15) is 6.79 Å². The van der Waals surface area contributed by atoms with Crippen molar-refractivity contribution in [3.8, 4) is 59.7 Å². The molecule has 0 fully saturated rings. The zero-order chi connectivity index (χ0) is 66.3. The Morgan fingerprint density at radius 1 is 0.586 bits per heavy atom. The Bertz CT molecular complexity index is 3180. The highest BCUT2D eigenvalue weighted by Crippen LogP contribution is 2.41. The summed E-state index contributed by atoms with van der Waals surface area (Å²) in [5.41, 5.74) is 1.45. The van der Waals surface area contributed by atoms with Gasteiger partial charge in [-0.25, -0.2) is 22.8 Å². The molecule has 87 heavy (non-hydrogen) atoms. The van der Waals surface area contributed by atoms with Crippen LogP contribution in [0.4, 0.5) is 44.0 Å². The molecule has 0 aliphatic heterocycles. The lowest BCUT2D eigenvalue weighted by Gasteiger charge is -2.27. The molecule has 23 heteroatoms. The number of esters is 2. The Morgan fingerprint density at radius 2 is 0.943 bits per heavy atom. The maximum atomic E-state index is 12.4. The third-order valence-electron chi connectivity index (χ3n) is 10.5. The largest absolute Gasteiger partial charge is 0.426 e. The van der Waals surface area contributed by atoms with E-state index < -0.39 is 81.0 Å². The number of alkyl halides is 11. The second kappa shape index (κ2) is 46.7. The second-order valence-electron chi connectivity index (χ2n) is 16.3. The van der Waals surface area contributed by atoms with Gasteiger partial charge in [0.25, 0.3) is 11.2 Å². The number of nitrogens with zero attached hydrogens (tertiary/aromatic N) is 1. The zero-order valence-corrected chi connectivity index (χ0v) is 50.4. The molecular weight excluding hydrogens is 1220 g/mol. The lowest BCUT2D eigenvalue weighted by atomic mass is 10.0. The van der Waals surface area contributed by atoms with Gasteiger partial charge in [-0.05, 0) is 147 Å². The van der Waals surface area contributed by atoms with E-state index in [-0.39, 0.29) is 11.8 Å². The van der Waals surface area contributed by atoms with Gasteiger partial charge < -0.3 is 24.6 Å². The third kappa shape index (κ3) is 33.8. The van der Waals surface area contributed by atoms with Crippen molar-refractivity contribution >= 4 is 84.3 Å². The molecule has 0 amide bonds. The van der Waals surface area contributed by atoms with E-state index in [2.05, 4.69) is 88.6 Å². The number of carbonyl (C=O) groups is 3. The molecule has 0 bridgehead atoms. The first-order chi connectivity index (χ1) is 41.3. The molecule has 0 spiro atoms. The third-order valence-corrected chi connectivity index (χ3v) is 10.7. The summed E-state index contributed by atoms with van der Waals surface area (Å²) >= 11 is 15.0. The molecule has 0 saturated heterocycles. The summed E-state index contributed by atoms with van der Waals surface area (Å²) in [5.74, 6) is 12.6. The molecule has 0 radical (unpaired) electrons. The highest BCUT2D eigenvalue weighted by atomic mass is 35.5. The molecule has 0 aliphatic carbocycles. The summed E-state index contributed by atoms with van der Waals surface area (Å²) < 4.78 is 132. The topological polar surface area (TPSA) is 132 Å². The Hall–Kier alpha value is -7.52. The average molecular weight is 1290 g/mol. The standard InChI is InChI=1S/C23H16O4.C11H7ClO.C11H4.C7H9F7O.C6H15N.C4H7F3O.CH2Cl2.CH4O2/c24-22(20-13-5-9-16-7-1-3-11-18(16)20)26-15-27-23(25)21-14-6-10-17-8-2-4-12-19(17)21;12-11(13)10-7-3-5-8-4-1-2-6-9(8)10;1-3-5-7-9-11-10-8-6-4-2;1-2-3-6(11,12)15-7(13,14)5(9,10)4-8;1-4-7(5-2)6-3;1-2-4(5,6)3-8-7;2*2-1-3/h1-14H,15H2;1-7H;1H,2H3;2-4H2,1H3;4-6H2,1-3H3;2-3H2,1H3;1H2;2-3H,1H2. The first-order valence-corrected chi connectivity index (χ1v) is 27.2. The molecule has 0 atom stereocenters. The predicted molar refractivity (Wildman–Crippen MR) is 322 cm³/mol. The summed E-state index contributed by atoms with van der Waals surface area (Å²) in [6, 6.07) is 39.1. The van der Waals surface area contributed by atoms with Crippen molar-refractivity contribution in [2.75, 3.05) is 51.8 Å². The van der Waals surface area contributed by atoms with Gasteiger partial charge in [-0.15, -0.1) is 29.6 Å². The summed E-state index contributed by atoms with van der Waals surface area (Å²) in [5, 5.41) is 19.5. The van der Waals surface area contributed by atoms with Crippen LogP contribution in [0.25, 0.3) is 32.3 Å². The van der Waals surface area contributed by atoms with Crippen LogP contribution in [-0.2, 0) is 19.2 Å². The van der Waals surface area contributed by atoms with E-state index in [9.17, 15) is 58.4 Å². The number of benzene rings is 6. The molecule has 0 aliphatic rings. The smallest absolute Gasteiger partial charge is 0.424 e. The van der Waals surface area contributed by atoms with Gasteiger partial charge >= 0.3 is 30.1 Å². The minimum atomic E-state index is -5.53. The van der Waals surface area contributed by atoms with Crippen LogP contribution in [0.15, 0.2) is 127 Å². The van der Waals surface area contributed by atoms with Crippen molar-refractivity contribution in [3.63, 3.8) is 0 Å². The van der Waals surface area contributed by atoms with Crippen LogP contribution >= 0.6 is 34.8 Å². The molecular formula is C64H64Cl3F10NO9. The van der Waals surface area contributed by atoms with Gasteiger partial charge in [0.15, 0.2) is 13.3 Å². The Morgan fingerprint density at radius 3 is 1.25 bits per heavy atom. The van der Waals surface area contributed by atoms with E-state index >= 15 is 0 Å². The number of terminal acetylenes is 1. The summed E-state index contributed by atoms with van der Waals surface area (Å²) in [4.78, 5) is 40.9. The maximum Gasteiger partial charge on any atom is 0.426 e. The van der Waals surface area contributed by atoms with Crippen LogP contribution in [0.2, 0.25) is 0 Å². The molecule has 0 heterocycles. The van der Waals surface area contributed by atoms with E-state index in [0.717, 1.165) is 32.3 Å². The van der Waals surface area contributed by atoms with Crippen molar-refractivity contribution in [1.82, 2.24) is 4.90 Å². The Balaban J connectivity index is 0. The highest BCUT2D eigenvalue weighted by molar-refractivity contribution is 6.68. The summed E-state index contributed by atoms with van der Waals surface area (Å²) in [6.45, 7) is 9.22. The molecule has 470 valence electrons. The summed E-state index contributed by atoms with van der Waals surface area (Å²) in [6.07, 6.45) is -6.88. The van der Waals surface area contributed by atoms with Crippen molar-refractivity contribution < 1.29 is 87.8 Å². The normalized spacial score (nSPS) is 10.1. The van der Waals surface area contributed by atoms with Crippen LogP contribution in [0.1, 0.15) is 91.9 Å². The first kappa shape index (κ1) is 81.5. The quantitative estimate of drug-likeness (QED) is 0.0227. The predicted octanol–water partition coefficient (Wildman–Crippen LogP) is 16.1. The molecule has 10 nitrogen and oxygen atoms in total. The maximum absolute atomic E-state index is 12.4. The minimum Gasteiger partial charge on any atom is -0.424 e. The lowest BCUT2D eigenvalue weighted by molar-refractivity contribution is -0.432. The van der Waals surface area contributed by atoms with Gasteiger partial charge in [0.2, 0.25) is 6.79 Å². The molecule has 0 saturated carbocycles. The number of hydrogen-bond donors (Lipinski definition) is 2. The number of fused-ring (bicyclic) bond motifs is 3. The van der Waals surface area contributed by atoms with E-state index in [1.165, 1.54) is 33.5 Å². The fourth-order valence-electron chi connectivity index (χ4n) is 6.29. The molecule has 0 aromatic heterocycles. The van der Waals surface area contributed by atoms with E-state index in [4.69, 9.17) is 60.9 Å². The van der Waals surface area contributed by atoms with E-state index in [1.807, 2.05) is 97.1 Å². The Kier molecular flexibility index (Phi) is 43.7. The number of aliphatic hydroxyl groups is 2. The Labute approximate surface area is 515 Å². The van der Waals surface area contributed by atoms with Crippen LogP contribution in [-0.4, -0.2) is 108 Å². The van der Waals surface area contributed by atoms with Gasteiger partial charge in [-0.1, -0.05) is 150 Å². The SMILES string of the molecule is C#CC#CC#CC#CC#CC.CCC(F)(F)COF.CCCC(F)(F)OC(F)(F)C(F)(F)CF.CCN(CC)CC.ClCCl.O=C(Cl)c1cccc2ccccc12.O=C(OCOC(=O)c1cccc2ccccc12)c1cccc2ccccc12.OCO. The van der Waals surface area contributed by atoms with Crippen LogP contribution in [0.3, 0.4) is 0 Å². The molecule has 2 N–H and O–H groups in total. The molecule has 6 rings (SSSR count). The van der Waals surface area contributed by atoms with Crippen LogP contribution < -0.4 is 0 Å². The van der Waals surface area contributed by atoms with Crippen molar-refractivity contribution in [2.24, 2.45) is 0 Å². The number of rotatable bonds is 17. The molecule has 6 aromatic carbocycles. The molecule has 6 aromatic rings. The molecule has 0 unspecified atom stereocenters. The fourth-order valence-corrected chi connectivity index (χ4v) is 6.45. The van der Waals surface area contributed by atoms with Crippen molar-refractivity contribution in [2.45, 2.75) is 84.9 Å². The van der Waals surface area contributed by atoms with E-state index in [0.29, 0.717) is 16.7 Å². The van der Waals surface area contributed by atoms with Gasteiger partial charge in [0, 0.05) is 18.4 Å². The number of aliphatic hydroxyl groups excluding tert-OH is 1. The van der Waals surface area contributed by atoms with Gasteiger partial charge in [0.05, 0.1) is 16.5 Å². The monoisotopic (exact) mass is 1290 g/mol. The number of halogens is 13. The number of hydrogen-bond acceptors (Lipinski definition) is 10. The van der Waals surface area contributed by atoms with Crippen molar-refractivity contribution in [3.05, 3.63) is 144 Å². The number of carbonyl (C=O) groups excluding carboxylic acids is 3. The van der Waals surface area contributed by atoms with E-state index in [1.54, 1.807) is 37.3 Å². The van der Waals surface area contributed by atoms with Crippen molar-refractivity contribution in [1.29, 1.82) is 0 Å². The number of ether oxygens (including phenoxy) is 3. The minimum absolute atomic E-state index is 0.194. The zero-order valence-electron chi connectivity index (χ0n) is 48.1. The van der Waals surface area contributed by atoms with Gasteiger partial charge in [-0.3, -0.25) is 9.53 Å². The van der Waals surface area contributed by atoms with Crippen LogP contribution in [0, 0.1) is 59.7 Å². The highest BCUT2D eigenvalue weighted by Gasteiger charge is 2.62. The lowest BCUT2D eigenvalue weighted by Crippen LogP contribution is -2.48. The second-order valence-corrected chi connectivity index (χ2v) is 17.4. The summed E-state index contributed by atoms with van der Waals surface area (Å²) in [7, 11) is 0. The van der Waals surface area contributed by atoms with Crippen LogP contribution in [0.5, 0.6) is 0 Å². The first-order valence-electron chi connectivity index (χ1n) is 25.7. The van der Waals surface area contributed by atoms with Gasteiger partial charge in [-0.2, -0.15) is 31.3 Å². The average Bonchev–Trinajstić information content (AvgIpc) is 2.30.